The number of fused-ring (bicyclic) bond motifs is 1. The van der Waals surface area contributed by atoms with Crippen molar-refractivity contribution >= 4 is 10.9 Å². The molecule has 1 fully saturated rings. The van der Waals surface area contributed by atoms with E-state index in [4.69, 9.17) is 0 Å². The van der Waals surface area contributed by atoms with E-state index in [0.717, 1.165) is 18.7 Å². The van der Waals surface area contributed by atoms with Gasteiger partial charge in [0.05, 0.1) is 23.8 Å². The first-order valence-corrected chi connectivity index (χ1v) is 7.58. The third-order valence-electron chi connectivity index (χ3n) is 4.36. The van der Waals surface area contributed by atoms with Crippen molar-refractivity contribution < 1.29 is 4.39 Å². The Hall–Kier alpha value is -2.57. The van der Waals surface area contributed by atoms with Crippen LogP contribution in [0.2, 0.25) is 0 Å². The molecule has 2 heterocycles. The second-order valence-electron chi connectivity index (χ2n) is 6.10. The highest BCUT2D eigenvalue weighted by molar-refractivity contribution is 5.78. The Morgan fingerprint density at radius 2 is 2.09 bits per heavy atom. The summed E-state index contributed by atoms with van der Waals surface area (Å²) in [6.07, 6.45) is 3.73. The summed E-state index contributed by atoms with van der Waals surface area (Å²) in [6, 6.07) is 2.84. The number of benzene rings is 1. The van der Waals surface area contributed by atoms with E-state index in [-0.39, 0.29) is 11.4 Å². The number of rotatable bonds is 3. The second-order valence-corrected chi connectivity index (χ2v) is 6.10. The van der Waals surface area contributed by atoms with Gasteiger partial charge in [-0.15, -0.1) is 10.2 Å². The maximum atomic E-state index is 13.6. The van der Waals surface area contributed by atoms with Crippen LogP contribution < -0.4 is 5.56 Å². The van der Waals surface area contributed by atoms with Crippen LogP contribution in [0.4, 0.5) is 4.39 Å². The van der Waals surface area contributed by atoms with Gasteiger partial charge in [-0.05, 0) is 31.4 Å². The van der Waals surface area contributed by atoms with E-state index in [1.807, 2.05) is 11.6 Å². The van der Waals surface area contributed by atoms with Gasteiger partial charge in [-0.1, -0.05) is 0 Å². The highest BCUT2D eigenvalue weighted by Gasteiger charge is 2.29. The van der Waals surface area contributed by atoms with Crippen LogP contribution in [-0.2, 0) is 13.6 Å². The fourth-order valence-corrected chi connectivity index (χ4v) is 2.76. The van der Waals surface area contributed by atoms with Crippen LogP contribution in [0, 0.1) is 12.7 Å². The lowest BCUT2D eigenvalue weighted by Gasteiger charge is -2.08. The average Bonchev–Trinajstić information content (AvgIpc) is 3.30. The van der Waals surface area contributed by atoms with Gasteiger partial charge in [0.25, 0.3) is 5.56 Å². The first-order valence-electron chi connectivity index (χ1n) is 7.58. The van der Waals surface area contributed by atoms with Crippen LogP contribution in [-0.4, -0.2) is 24.3 Å². The van der Waals surface area contributed by atoms with Gasteiger partial charge >= 0.3 is 0 Å². The molecule has 3 aromatic rings. The lowest BCUT2D eigenvalue weighted by molar-refractivity contribution is 0.619. The maximum Gasteiger partial charge on any atom is 0.261 e. The largest absolute Gasteiger partial charge is 0.316 e. The maximum absolute atomic E-state index is 13.6. The van der Waals surface area contributed by atoms with Crippen molar-refractivity contribution in [2.24, 2.45) is 7.05 Å². The van der Waals surface area contributed by atoms with Gasteiger partial charge in [-0.3, -0.25) is 9.36 Å². The van der Waals surface area contributed by atoms with Crippen molar-refractivity contribution in [1.82, 2.24) is 24.3 Å². The number of halogens is 1. The van der Waals surface area contributed by atoms with Crippen LogP contribution in [0.5, 0.6) is 0 Å². The van der Waals surface area contributed by atoms with Crippen LogP contribution in [0.3, 0.4) is 0 Å². The molecule has 1 saturated carbocycles. The van der Waals surface area contributed by atoms with Gasteiger partial charge in [0, 0.05) is 19.0 Å². The third-order valence-corrected chi connectivity index (χ3v) is 4.36. The lowest BCUT2D eigenvalue weighted by Crippen LogP contribution is -2.23. The molecule has 0 aliphatic heterocycles. The summed E-state index contributed by atoms with van der Waals surface area (Å²) < 4.78 is 17.0. The average molecular weight is 313 g/mol. The molecule has 0 bridgehead atoms. The molecule has 1 aliphatic rings. The molecule has 1 aromatic carbocycles. The van der Waals surface area contributed by atoms with Crippen molar-refractivity contribution in [1.29, 1.82) is 0 Å². The molecular formula is C16H16FN5O. The summed E-state index contributed by atoms with van der Waals surface area (Å²) in [5, 5.41) is 8.82. The normalized spacial score (nSPS) is 14.6. The molecule has 1 aliphatic carbocycles. The van der Waals surface area contributed by atoms with Gasteiger partial charge < -0.3 is 4.57 Å². The lowest BCUT2D eigenvalue weighted by atomic mass is 10.1. The van der Waals surface area contributed by atoms with E-state index < -0.39 is 0 Å². The minimum atomic E-state index is -0.357. The van der Waals surface area contributed by atoms with Gasteiger partial charge in [-0.25, -0.2) is 9.37 Å². The Labute approximate surface area is 131 Å². The van der Waals surface area contributed by atoms with E-state index in [2.05, 4.69) is 15.2 Å². The standard InChI is InChI=1S/C16H16FN5O/c1-9-5-11-13(6-12(9)17)18-8-22(16(11)23)7-14-19-20-15(21(14)2)10-3-4-10/h5-6,8,10H,3-4,7H2,1-2H3. The Morgan fingerprint density at radius 1 is 1.30 bits per heavy atom. The van der Waals surface area contributed by atoms with Crippen molar-refractivity contribution in [3.8, 4) is 0 Å². The molecule has 0 atom stereocenters. The van der Waals surface area contributed by atoms with Crippen LogP contribution >= 0.6 is 0 Å². The van der Waals surface area contributed by atoms with Crippen molar-refractivity contribution in [2.75, 3.05) is 0 Å². The SMILES string of the molecule is Cc1cc2c(=O)n(Cc3nnc(C4CC4)n3C)cnc2cc1F. The zero-order chi connectivity index (χ0) is 16.1. The molecular weight excluding hydrogens is 297 g/mol. The third kappa shape index (κ3) is 2.32. The van der Waals surface area contributed by atoms with Gasteiger partial charge in [-0.2, -0.15) is 0 Å². The molecule has 0 amide bonds. The summed E-state index contributed by atoms with van der Waals surface area (Å²) in [4.78, 5) is 16.8. The fourth-order valence-electron chi connectivity index (χ4n) is 2.76. The summed E-state index contributed by atoms with van der Waals surface area (Å²) >= 11 is 0. The fraction of sp³-hybridized carbons (Fsp3) is 0.375. The Bertz CT molecular complexity index is 970. The zero-order valence-corrected chi connectivity index (χ0v) is 13.0. The minimum Gasteiger partial charge on any atom is -0.316 e. The van der Waals surface area contributed by atoms with Crippen molar-refractivity contribution in [3.63, 3.8) is 0 Å². The predicted octanol–water partition coefficient (Wildman–Crippen LogP) is 1.90. The molecule has 23 heavy (non-hydrogen) atoms. The number of nitrogens with zero attached hydrogens (tertiary/aromatic N) is 5. The van der Waals surface area contributed by atoms with Gasteiger partial charge in [0.15, 0.2) is 5.82 Å². The molecule has 2 aromatic heterocycles. The summed E-state index contributed by atoms with van der Waals surface area (Å²) in [7, 11) is 1.92. The van der Waals surface area contributed by atoms with Crippen molar-refractivity contribution in [2.45, 2.75) is 32.2 Å². The van der Waals surface area contributed by atoms with E-state index in [0.29, 0.717) is 34.8 Å². The van der Waals surface area contributed by atoms with Crippen molar-refractivity contribution in [3.05, 3.63) is 51.8 Å². The van der Waals surface area contributed by atoms with E-state index in [1.165, 1.54) is 17.0 Å². The predicted molar refractivity (Wildman–Crippen MR) is 82.8 cm³/mol. The topological polar surface area (TPSA) is 65.6 Å². The number of hydrogen-bond acceptors (Lipinski definition) is 4. The molecule has 0 spiro atoms. The number of hydrogen-bond donors (Lipinski definition) is 0. The first kappa shape index (κ1) is 14.0. The highest BCUT2D eigenvalue weighted by Crippen LogP contribution is 2.38. The summed E-state index contributed by atoms with van der Waals surface area (Å²) in [5.74, 6) is 1.83. The highest BCUT2D eigenvalue weighted by atomic mass is 19.1. The number of aryl methyl sites for hydroxylation is 1. The summed E-state index contributed by atoms with van der Waals surface area (Å²) in [6.45, 7) is 1.94. The van der Waals surface area contributed by atoms with Crippen LogP contribution in [0.25, 0.3) is 10.9 Å². The molecule has 7 heteroatoms. The molecule has 118 valence electrons. The monoisotopic (exact) mass is 313 g/mol. The van der Waals surface area contributed by atoms with Gasteiger partial charge in [0.1, 0.15) is 11.6 Å². The minimum absolute atomic E-state index is 0.200. The quantitative estimate of drug-likeness (QED) is 0.741. The van der Waals surface area contributed by atoms with Crippen LogP contribution in [0.1, 0.15) is 36.0 Å². The first-order chi connectivity index (χ1) is 11.0. The zero-order valence-electron chi connectivity index (χ0n) is 13.0. The summed E-state index contributed by atoms with van der Waals surface area (Å²) in [5.41, 5.74) is 0.601. The van der Waals surface area contributed by atoms with Crippen LogP contribution in [0.15, 0.2) is 23.3 Å². The molecule has 6 nitrogen and oxygen atoms in total. The molecule has 0 unspecified atom stereocenters. The van der Waals surface area contributed by atoms with E-state index in [1.54, 1.807) is 13.0 Å². The molecule has 4 rings (SSSR count). The molecule has 0 radical (unpaired) electrons. The second kappa shape index (κ2) is 4.97. The van der Waals surface area contributed by atoms with Gasteiger partial charge in [0.2, 0.25) is 0 Å². The Balaban J connectivity index is 1.76. The smallest absolute Gasteiger partial charge is 0.261 e. The number of aromatic nitrogens is 5. The Kier molecular flexibility index (Phi) is 3.04. The van der Waals surface area contributed by atoms with E-state index >= 15 is 0 Å². The molecule has 0 N–H and O–H groups in total. The van der Waals surface area contributed by atoms with E-state index in [9.17, 15) is 9.18 Å². The molecule has 0 saturated heterocycles. The Morgan fingerprint density at radius 3 is 2.83 bits per heavy atom.